The van der Waals surface area contributed by atoms with Crippen LogP contribution in [0.25, 0.3) is 0 Å². The maximum atomic E-state index is 12.5. The fourth-order valence-electron chi connectivity index (χ4n) is 9.62. The molecule has 0 aromatic heterocycles. The molecule has 0 amide bonds. The molecule has 4 aliphatic rings. The molecule has 4 fully saturated rings. The van der Waals surface area contributed by atoms with Gasteiger partial charge in [-0.25, -0.2) is 0 Å². The van der Waals surface area contributed by atoms with E-state index in [9.17, 15) is 14.4 Å². The first-order valence-corrected chi connectivity index (χ1v) is 13.9. The molecule has 0 aromatic carbocycles. The van der Waals surface area contributed by atoms with Gasteiger partial charge in [-0.05, 0) is 80.0 Å². The van der Waals surface area contributed by atoms with Gasteiger partial charge in [-0.2, -0.15) is 0 Å². The second-order valence-electron chi connectivity index (χ2n) is 12.6. The van der Waals surface area contributed by atoms with Gasteiger partial charge in [0.15, 0.2) is 0 Å². The van der Waals surface area contributed by atoms with Crippen LogP contribution in [-0.4, -0.2) is 37.2 Å². The molecule has 0 bridgehead atoms. The zero-order chi connectivity index (χ0) is 25.5. The molecule has 35 heavy (non-hydrogen) atoms. The molecule has 0 unspecified atom stereocenters. The molecule has 0 saturated heterocycles. The quantitative estimate of drug-likeness (QED) is 0.351. The summed E-state index contributed by atoms with van der Waals surface area (Å²) in [4.78, 5) is 36.9. The number of ether oxygens (including phenoxy) is 3. The first-order chi connectivity index (χ1) is 16.5. The average molecular weight is 491 g/mol. The SMILES string of the molecule is COC(=O)CC[C@@H](C)[C@@H]1CC[C@@H]2[C@H]3CC[C@H]4CCCC[C@]4(C)[C@@H]3[C@@H](OC(C)=O)[C@@H](OC(C)=O)[C@]21C. The van der Waals surface area contributed by atoms with Crippen LogP contribution < -0.4 is 0 Å². The van der Waals surface area contributed by atoms with Crippen molar-refractivity contribution in [3.05, 3.63) is 0 Å². The topological polar surface area (TPSA) is 78.9 Å². The first-order valence-electron chi connectivity index (χ1n) is 13.9. The highest BCUT2D eigenvalue weighted by atomic mass is 16.6. The van der Waals surface area contributed by atoms with Crippen molar-refractivity contribution in [2.24, 2.45) is 46.3 Å². The van der Waals surface area contributed by atoms with Crippen LogP contribution in [0.1, 0.15) is 98.8 Å². The first kappa shape index (κ1) is 26.5. The minimum atomic E-state index is -0.458. The number of fused-ring (bicyclic) bond motifs is 5. The van der Waals surface area contributed by atoms with E-state index in [2.05, 4.69) is 20.8 Å². The fourth-order valence-corrected chi connectivity index (χ4v) is 9.62. The fraction of sp³-hybridized carbons (Fsp3) is 0.897. The minimum Gasteiger partial charge on any atom is -0.469 e. The number of hydrogen-bond donors (Lipinski definition) is 0. The van der Waals surface area contributed by atoms with Crippen molar-refractivity contribution in [1.29, 1.82) is 0 Å². The zero-order valence-corrected chi connectivity index (χ0v) is 22.6. The van der Waals surface area contributed by atoms with Gasteiger partial charge in [-0.3, -0.25) is 14.4 Å². The summed E-state index contributed by atoms with van der Waals surface area (Å²) in [6.07, 6.45) is 9.75. The van der Waals surface area contributed by atoms with Gasteiger partial charge in [-0.1, -0.05) is 33.6 Å². The molecular formula is C29H46O6. The van der Waals surface area contributed by atoms with Crippen molar-refractivity contribution in [3.63, 3.8) is 0 Å². The van der Waals surface area contributed by atoms with Crippen molar-refractivity contribution in [2.75, 3.05) is 7.11 Å². The number of methoxy groups -OCH3 is 1. The molecule has 6 heteroatoms. The summed E-state index contributed by atoms with van der Waals surface area (Å²) in [5, 5.41) is 0. The monoisotopic (exact) mass is 490 g/mol. The molecule has 198 valence electrons. The smallest absolute Gasteiger partial charge is 0.305 e. The normalized spacial score (nSPS) is 43.2. The van der Waals surface area contributed by atoms with Crippen LogP contribution in [0.4, 0.5) is 0 Å². The summed E-state index contributed by atoms with van der Waals surface area (Å²) in [5.41, 5.74) is -0.185. The Hall–Kier alpha value is -1.59. The molecule has 4 saturated carbocycles. The molecule has 0 aromatic rings. The van der Waals surface area contributed by atoms with Gasteiger partial charge in [0.2, 0.25) is 0 Å². The Kier molecular flexibility index (Phi) is 7.60. The van der Waals surface area contributed by atoms with Crippen molar-refractivity contribution in [2.45, 2.75) is 111 Å². The molecule has 4 aliphatic carbocycles. The van der Waals surface area contributed by atoms with E-state index in [0.29, 0.717) is 24.2 Å². The van der Waals surface area contributed by atoms with Crippen LogP contribution in [0.2, 0.25) is 0 Å². The third-order valence-corrected chi connectivity index (χ3v) is 11.0. The Balaban J connectivity index is 1.76. The highest BCUT2D eigenvalue weighted by molar-refractivity contribution is 5.69. The Morgan fingerprint density at radius 1 is 0.943 bits per heavy atom. The highest BCUT2D eigenvalue weighted by Gasteiger charge is 2.69. The van der Waals surface area contributed by atoms with Gasteiger partial charge < -0.3 is 14.2 Å². The summed E-state index contributed by atoms with van der Waals surface area (Å²) in [5.74, 6) is 1.55. The number of hydrogen-bond acceptors (Lipinski definition) is 6. The van der Waals surface area contributed by atoms with Gasteiger partial charge in [0, 0.05) is 31.6 Å². The second kappa shape index (κ2) is 10.0. The molecule has 6 nitrogen and oxygen atoms in total. The molecule has 0 N–H and O–H groups in total. The van der Waals surface area contributed by atoms with Crippen LogP contribution in [-0.2, 0) is 28.6 Å². The maximum Gasteiger partial charge on any atom is 0.305 e. The van der Waals surface area contributed by atoms with E-state index >= 15 is 0 Å². The van der Waals surface area contributed by atoms with Crippen molar-refractivity contribution < 1.29 is 28.6 Å². The van der Waals surface area contributed by atoms with E-state index in [-0.39, 0.29) is 46.5 Å². The average Bonchev–Trinajstić information content (AvgIpc) is 3.16. The molecule has 0 heterocycles. The Labute approximate surface area is 211 Å². The number of carbonyl (C=O) groups excluding carboxylic acids is 3. The lowest BCUT2D eigenvalue weighted by molar-refractivity contribution is -0.246. The minimum absolute atomic E-state index is 0.107. The van der Waals surface area contributed by atoms with Crippen molar-refractivity contribution >= 4 is 17.9 Å². The summed E-state index contributed by atoms with van der Waals surface area (Å²) in [7, 11) is 1.43. The molecule has 0 aliphatic heterocycles. The number of rotatable bonds is 6. The van der Waals surface area contributed by atoms with E-state index in [1.807, 2.05) is 0 Å². The molecule has 4 rings (SSSR count). The summed E-state index contributed by atoms with van der Waals surface area (Å²) in [6.45, 7) is 9.91. The van der Waals surface area contributed by atoms with Crippen LogP contribution in [0, 0.1) is 46.3 Å². The van der Waals surface area contributed by atoms with Crippen LogP contribution in [0.15, 0.2) is 0 Å². The van der Waals surface area contributed by atoms with Crippen LogP contribution in [0.3, 0.4) is 0 Å². The molecule has 0 spiro atoms. The summed E-state index contributed by atoms with van der Waals surface area (Å²) in [6, 6.07) is 0. The lowest BCUT2D eigenvalue weighted by atomic mass is 9.43. The van der Waals surface area contributed by atoms with E-state index in [1.165, 1.54) is 53.1 Å². The molecule has 0 radical (unpaired) electrons. The lowest BCUT2D eigenvalue weighted by Crippen LogP contribution is -2.66. The van der Waals surface area contributed by atoms with Crippen LogP contribution in [0.5, 0.6) is 0 Å². The third-order valence-electron chi connectivity index (χ3n) is 11.0. The van der Waals surface area contributed by atoms with E-state index in [1.54, 1.807) is 0 Å². The zero-order valence-electron chi connectivity index (χ0n) is 22.6. The summed E-state index contributed by atoms with van der Waals surface area (Å²) < 4.78 is 17.3. The summed E-state index contributed by atoms with van der Waals surface area (Å²) >= 11 is 0. The maximum absolute atomic E-state index is 12.5. The standard InChI is InChI=1S/C29H46O6/c1-17(10-15-24(32)33-6)22-13-14-23-21-12-11-20-9-7-8-16-28(20,4)25(21)26(34-18(2)30)27(29(22,23)5)35-19(3)31/h17,20-23,25-27H,7-16H2,1-6H3/t17-,20-,21-,22+,23-,25+,26-,27-,28+,29+/m1/s1. The van der Waals surface area contributed by atoms with Gasteiger partial charge in [0.05, 0.1) is 7.11 Å². The largest absolute Gasteiger partial charge is 0.469 e. The Morgan fingerprint density at radius 3 is 2.31 bits per heavy atom. The van der Waals surface area contributed by atoms with E-state index in [0.717, 1.165) is 25.7 Å². The van der Waals surface area contributed by atoms with E-state index in [4.69, 9.17) is 14.2 Å². The Bertz CT molecular complexity index is 824. The van der Waals surface area contributed by atoms with Gasteiger partial charge in [0.25, 0.3) is 0 Å². The van der Waals surface area contributed by atoms with Crippen molar-refractivity contribution in [3.8, 4) is 0 Å². The number of carbonyl (C=O) groups is 3. The molecular weight excluding hydrogens is 444 g/mol. The number of esters is 3. The van der Waals surface area contributed by atoms with Gasteiger partial charge >= 0.3 is 17.9 Å². The Morgan fingerprint density at radius 2 is 1.66 bits per heavy atom. The third kappa shape index (κ3) is 4.52. The van der Waals surface area contributed by atoms with Crippen LogP contribution >= 0.6 is 0 Å². The van der Waals surface area contributed by atoms with Gasteiger partial charge in [0.1, 0.15) is 12.2 Å². The second-order valence-corrected chi connectivity index (χ2v) is 12.6. The van der Waals surface area contributed by atoms with E-state index < -0.39 is 12.2 Å². The highest BCUT2D eigenvalue weighted by Crippen LogP contribution is 2.69. The lowest BCUT2D eigenvalue weighted by Gasteiger charge is -2.64. The van der Waals surface area contributed by atoms with Crippen molar-refractivity contribution in [1.82, 2.24) is 0 Å². The predicted molar refractivity (Wildman–Crippen MR) is 132 cm³/mol. The van der Waals surface area contributed by atoms with Gasteiger partial charge in [-0.15, -0.1) is 0 Å². The predicted octanol–water partition coefficient (Wildman–Crippen LogP) is 5.71. The molecule has 10 atom stereocenters.